The molecule has 0 fully saturated rings. The van der Waals surface area contributed by atoms with E-state index in [-0.39, 0.29) is 0 Å². The van der Waals surface area contributed by atoms with E-state index < -0.39 is 0 Å². The lowest BCUT2D eigenvalue weighted by Gasteiger charge is -2.06. The first-order chi connectivity index (χ1) is 8.31. The Morgan fingerprint density at radius 3 is 2.35 bits per heavy atom. The third kappa shape index (κ3) is 2.73. The summed E-state index contributed by atoms with van der Waals surface area (Å²) in [5, 5.41) is 11.9. The number of anilines is 2. The molecule has 4 nitrogen and oxygen atoms in total. The molecule has 0 atom stereocenters. The minimum absolute atomic E-state index is 0.579. The van der Waals surface area contributed by atoms with Gasteiger partial charge in [0.15, 0.2) is 0 Å². The van der Waals surface area contributed by atoms with Crippen molar-refractivity contribution in [3.05, 3.63) is 48.2 Å². The number of hydrogen-bond acceptors (Lipinski definition) is 4. The Morgan fingerprint density at radius 1 is 1.12 bits per heavy atom. The minimum Gasteiger partial charge on any atom is -0.481 e. The van der Waals surface area contributed by atoms with Crippen LogP contribution in [0.5, 0.6) is 5.88 Å². The largest absolute Gasteiger partial charge is 0.481 e. The standard InChI is InChI=1S/C13H11N3O/c1-17-13-7-6-12(9-15-13)16-11-4-2-10(8-14)3-5-11/h2-7,9,16H,1H3. The summed E-state index contributed by atoms with van der Waals surface area (Å²) in [7, 11) is 1.58. The summed E-state index contributed by atoms with van der Waals surface area (Å²) in [4.78, 5) is 4.09. The van der Waals surface area contributed by atoms with Crippen LogP contribution in [0, 0.1) is 11.3 Å². The molecule has 4 heteroatoms. The van der Waals surface area contributed by atoms with Crippen molar-refractivity contribution in [2.75, 3.05) is 12.4 Å². The first-order valence-electron chi connectivity index (χ1n) is 5.09. The quantitative estimate of drug-likeness (QED) is 0.872. The highest BCUT2D eigenvalue weighted by molar-refractivity contribution is 5.59. The van der Waals surface area contributed by atoms with Crippen LogP contribution in [0.2, 0.25) is 0 Å². The fourth-order valence-corrected chi connectivity index (χ4v) is 1.37. The van der Waals surface area contributed by atoms with Crippen molar-refractivity contribution in [3.8, 4) is 11.9 Å². The maximum absolute atomic E-state index is 8.68. The molecule has 2 rings (SSSR count). The molecule has 84 valence electrons. The van der Waals surface area contributed by atoms with Gasteiger partial charge in [-0.2, -0.15) is 5.26 Å². The monoisotopic (exact) mass is 225 g/mol. The maximum Gasteiger partial charge on any atom is 0.213 e. The molecule has 2 aromatic rings. The molecule has 17 heavy (non-hydrogen) atoms. The van der Waals surface area contributed by atoms with Crippen molar-refractivity contribution < 1.29 is 4.74 Å². The second-order valence-electron chi connectivity index (χ2n) is 3.40. The molecule has 0 radical (unpaired) electrons. The van der Waals surface area contributed by atoms with E-state index in [1.165, 1.54) is 0 Å². The SMILES string of the molecule is COc1ccc(Nc2ccc(C#N)cc2)cn1. The van der Waals surface area contributed by atoms with E-state index >= 15 is 0 Å². The fourth-order valence-electron chi connectivity index (χ4n) is 1.37. The van der Waals surface area contributed by atoms with Gasteiger partial charge in [-0.25, -0.2) is 4.98 Å². The predicted molar refractivity (Wildman–Crippen MR) is 65.2 cm³/mol. The molecule has 0 aliphatic heterocycles. The van der Waals surface area contributed by atoms with Crippen molar-refractivity contribution in [3.63, 3.8) is 0 Å². The van der Waals surface area contributed by atoms with Gasteiger partial charge in [0.05, 0.1) is 30.6 Å². The molecule has 0 unspecified atom stereocenters. The number of pyridine rings is 1. The highest BCUT2D eigenvalue weighted by Gasteiger charge is 1.97. The van der Waals surface area contributed by atoms with Crippen molar-refractivity contribution in [2.45, 2.75) is 0 Å². The van der Waals surface area contributed by atoms with Crippen molar-refractivity contribution in [1.29, 1.82) is 5.26 Å². The third-order valence-electron chi connectivity index (χ3n) is 2.25. The summed E-state index contributed by atoms with van der Waals surface area (Å²) < 4.78 is 4.97. The van der Waals surface area contributed by atoms with Crippen LogP contribution in [0.15, 0.2) is 42.6 Å². The molecule has 0 spiro atoms. The van der Waals surface area contributed by atoms with Crippen LogP contribution in [0.1, 0.15) is 5.56 Å². The summed E-state index contributed by atoms with van der Waals surface area (Å²) in [6.07, 6.45) is 1.69. The maximum atomic E-state index is 8.68. The van der Waals surface area contributed by atoms with Crippen molar-refractivity contribution in [2.24, 2.45) is 0 Å². The average molecular weight is 225 g/mol. The zero-order chi connectivity index (χ0) is 12.1. The first-order valence-corrected chi connectivity index (χ1v) is 5.09. The smallest absolute Gasteiger partial charge is 0.213 e. The molecule has 0 aliphatic carbocycles. The number of ether oxygens (including phenoxy) is 1. The molecule has 0 saturated heterocycles. The lowest BCUT2D eigenvalue weighted by molar-refractivity contribution is 0.398. The molecule has 0 bridgehead atoms. The first kappa shape index (κ1) is 11.0. The van der Waals surface area contributed by atoms with Gasteiger partial charge in [0.1, 0.15) is 0 Å². The minimum atomic E-state index is 0.579. The van der Waals surface area contributed by atoms with Crippen LogP contribution in [-0.4, -0.2) is 12.1 Å². The highest BCUT2D eigenvalue weighted by Crippen LogP contribution is 2.17. The number of benzene rings is 1. The van der Waals surface area contributed by atoms with Gasteiger partial charge in [0, 0.05) is 11.8 Å². The van der Waals surface area contributed by atoms with Crippen LogP contribution >= 0.6 is 0 Å². The van der Waals surface area contributed by atoms with Gasteiger partial charge in [-0.1, -0.05) is 0 Å². The molecule has 1 aromatic carbocycles. The molecular formula is C13H11N3O. The molecule has 1 N–H and O–H groups in total. The second-order valence-corrected chi connectivity index (χ2v) is 3.40. The molecule has 1 aromatic heterocycles. The molecule has 0 amide bonds. The Kier molecular flexibility index (Phi) is 3.22. The number of aromatic nitrogens is 1. The summed E-state index contributed by atoms with van der Waals surface area (Å²) in [5.74, 6) is 0.579. The van der Waals surface area contributed by atoms with E-state index in [4.69, 9.17) is 10.00 Å². The summed E-state index contributed by atoms with van der Waals surface area (Å²) in [6.45, 7) is 0. The van der Waals surface area contributed by atoms with Gasteiger partial charge in [-0.15, -0.1) is 0 Å². The predicted octanol–water partition coefficient (Wildman–Crippen LogP) is 2.71. The van der Waals surface area contributed by atoms with Crippen LogP contribution in [-0.2, 0) is 0 Å². The number of methoxy groups -OCH3 is 1. The molecule has 1 heterocycles. The van der Waals surface area contributed by atoms with E-state index in [1.807, 2.05) is 18.2 Å². The molecule has 0 saturated carbocycles. The summed E-state index contributed by atoms with van der Waals surface area (Å²) in [5.41, 5.74) is 2.43. The molecule has 0 aliphatic rings. The van der Waals surface area contributed by atoms with Gasteiger partial charge in [0.25, 0.3) is 0 Å². The lowest BCUT2D eigenvalue weighted by atomic mass is 10.2. The van der Waals surface area contributed by atoms with Gasteiger partial charge < -0.3 is 10.1 Å². The zero-order valence-electron chi connectivity index (χ0n) is 9.34. The summed E-state index contributed by atoms with van der Waals surface area (Å²) in [6, 6.07) is 13.0. The van der Waals surface area contributed by atoms with Crippen LogP contribution < -0.4 is 10.1 Å². The van der Waals surface area contributed by atoms with E-state index in [9.17, 15) is 0 Å². The van der Waals surface area contributed by atoms with E-state index in [0.717, 1.165) is 11.4 Å². The number of nitrogens with one attached hydrogen (secondary N) is 1. The van der Waals surface area contributed by atoms with E-state index in [2.05, 4.69) is 16.4 Å². The van der Waals surface area contributed by atoms with Crippen LogP contribution in [0.4, 0.5) is 11.4 Å². The normalized spacial score (nSPS) is 9.41. The Bertz CT molecular complexity index is 526. The van der Waals surface area contributed by atoms with Gasteiger partial charge in [-0.3, -0.25) is 0 Å². The van der Waals surface area contributed by atoms with Gasteiger partial charge in [0.2, 0.25) is 5.88 Å². The van der Waals surface area contributed by atoms with E-state index in [1.54, 1.807) is 31.5 Å². The Hall–Kier alpha value is -2.54. The Labute approximate surface area is 99.5 Å². The second kappa shape index (κ2) is 4.99. The Morgan fingerprint density at radius 2 is 1.82 bits per heavy atom. The Balaban J connectivity index is 2.11. The average Bonchev–Trinajstić information content (AvgIpc) is 2.40. The number of rotatable bonds is 3. The van der Waals surface area contributed by atoms with Crippen molar-refractivity contribution in [1.82, 2.24) is 4.98 Å². The number of nitriles is 1. The van der Waals surface area contributed by atoms with Crippen molar-refractivity contribution >= 4 is 11.4 Å². The summed E-state index contributed by atoms with van der Waals surface area (Å²) >= 11 is 0. The fraction of sp³-hybridized carbons (Fsp3) is 0.0769. The third-order valence-corrected chi connectivity index (χ3v) is 2.25. The van der Waals surface area contributed by atoms with Gasteiger partial charge in [-0.05, 0) is 30.3 Å². The topological polar surface area (TPSA) is 57.9 Å². The zero-order valence-corrected chi connectivity index (χ0v) is 9.34. The van der Waals surface area contributed by atoms with Crippen LogP contribution in [0.3, 0.4) is 0 Å². The number of hydrogen-bond donors (Lipinski definition) is 1. The van der Waals surface area contributed by atoms with Crippen LogP contribution in [0.25, 0.3) is 0 Å². The molecular weight excluding hydrogens is 214 g/mol. The lowest BCUT2D eigenvalue weighted by Crippen LogP contribution is -1.92. The number of nitrogens with zero attached hydrogens (tertiary/aromatic N) is 2. The van der Waals surface area contributed by atoms with Gasteiger partial charge >= 0.3 is 0 Å². The van der Waals surface area contributed by atoms with E-state index in [0.29, 0.717) is 11.4 Å². The highest BCUT2D eigenvalue weighted by atomic mass is 16.5.